The van der Waals surface area contributed by atoms with Crippen molar-refractivity contribution in [3.05, 3.63) is 40.6 Å². The number of halogens is 1. The number of amides is 1. The molecule has 0 atom stereocenters. The largest absolute Gasteiger partial charge is 0.496 e. The molecule has 0 saturated heterocycles. The molecule has 0 saturated carbocycles. The highest BCUT2D eigenvalue weighted by molar-refractivity contribution is 9.10. The molecule has 0 unspecified atom stereocenters. The molecule has 6 nitrogen and oxygen atoms in total. The number of nitrogens with two attached hydrogens (primary N) is 1. The first-order valence-corrected chi connectivity index (χ1v) is 6.75. The maximum atomic E-state index is 10.8. The molecule has 0 bridgehead atoms. The summed E-state index contributed by atoms with van der Waals surface area (Å²) in [6, 6.07) is 5.81. The smallest absolute Gasteiger partial charge is 0.239 e. The van der Waals surface area contributed by atoms with E-state index in [4.69, 9.17) is 10.5 Å². The Balaban J connectivity index is 2.03. The van der Waals surface area contributed by atoms with E-state index < -0.39 is 5.91 Å². The van der Waals surface area contributed by atoms with Gasteiger partial charge in [-0.05, 0) is 18.2 Å². The number of anilines is 1. The van der Waals surface area contributed by atoms with Crippen LogP contribution in [0.25, 0.3) is 0 Å². The number of aromatic nitrogens is 2. The number of hydrogen-bond acceptors (Lipinski definition) is 4. The van der Waals surface area contributed by atoms with Crippen LogP contribution in [-0.4, -0.2) is 22.8 Å². The minimum atomic E-state index is -0.423. The predicted octanol–water partition coefficient (Wildman–Crippen LogP) is 1.75. The lowest BCUT2D eigenvalue weighted by Crippen LogP contribution is -2.18. The minimum absolute atomic E-state index is 0.0713. The van der Waals surface area contributed by atoms with Crippen LogP contribution in [0.4, 0.5) is 5.69 Å². The maximum absolute atomic E-state index is 10.8. The molecular weight excluding hydrogens is 324 g/mol. The second kappa shape index (κ2) is 6.42. The Hall–Kier alpha value is -2.02. The first kappa shape index (κ1) is 14.4. The first-order valence-electron chi connectivity index (χ1n) is 5.95. The Kier molecular flexibility index (Phi) is 4.62. The molecule has 2 aromatic rings. The molecule has 0 aliphatic carbocycles. The lowest BCUT2D eigenvalue weighted by Gasteiger charge is -2.09. The number of nitrogens with zero attached hydrogens (tertiary/aromatic N) is 2. The molecule has 1 aromatic carbocycles. The van der Waals surface area contributed by atoms with Crippen LogP contribution in [0.3, 0.4) is 0 Å². The predicted molar refractivity (Wildman–Crippen MR) is 79.4 cm³/mol. The number of benzene rings is 1. The molecule has 0 aliphatic rings. The van der Waals surface area contributed by atoms with E-state index in [1.165, 1.54) is 4.68 Å². The minimum Gasteiger partial charge on any atom is -0.496 e. The first-order chi connectivity index (χ1) is 9.58. The van der Waals surface area contributed by atoms with Gasteiger partial charge in [0, 0.05) is 22.8 Å². The van der Waals surface area contributed by atoms with Gasteiger partial charge in [-0.1, -0.05) is 15.9 Å². The van der Waals surface area contributed by atoms with Gasteiger partial charge in [-0.25, -0.2) is 0 Å². The third kappa shape index (κ3) is 3.74. The zero-order chi connectivity index (χ0) is 14.5. The molecule has 7 heteroatoms. The molecule has 0 spiro atoms. The zero-order valence-electron chi connectivity index (χ0n) is 11.0. The normalized spacial score (nSPS) is 10.3. The average Bonchev–Trinajstić information content (AvgIpc) is 2.83. The summed E-state index contributed by atoms with van der Waals surface area (Å²) < 4.78 is 7.78. The molecule has 3 N–H and O–H groups in total. The van der Waals surface area contributed by atoms with E-state index in [2.05, 4.69) is 26.3 Å². The Bertz CT molecular complexity index is 612. The van der Waals surface area contributed by atoms with E-state index in [9.17, 15) is 4.79 Å². The van der Waals surface area contributed by atoms with Crippen LogP contribution < -0.4 is 15.8 Å². The van der Waals surface area contributed by atoms with Crippen LogP contribution in [0.1, 0.15) is 5.56 Å². The second-order valence-corrected chi connectivity index (χ2v) is 5.12. The van der Waals surface area contributed by atoms with E-state index in [0.29, 0.717) is 6.54 Å². The fourth-order valence-corrected chi connectivity index (χ4v) is 2.19. The molecular formula is C13H15BrN4O2. The summed E-state index contributed by atoms with van der Waals surface area (Å²) in [6.45, 7) is 0.659. The summed E-state index contributed by atoms with van der Waals surface area (Å²) in [7, 11) is 1.64. The monoisotopic (exact) mass is 338 g/mol. The van der Waals surface area contributed by atoms with E-state index in [0.717, 1.165) is 21.5 Å². The van der Waals surface area contributed by atoms with Gasteiger partial charge < -0.3 is 15.8 Å². The summed E-state index contributed by atoms with van der Waals surface area (Å²) in [6.07, 6.45) is 3.38. The van der Waals surface area contributed by atoms with E-state index in [1.54, 1.807) is 19.5 Å². The number of carbonyl (C=O) groups is 1. The molecule has 20 heavy (non-hydrogen) atoms. The van der Waals surface area contributed by atoms with Gasteiger partial charge in [-0.2, -0.15) is 5.10 Å². The Morgan fingerprint density at radius 2 is 2.35 bits per heavy atom. The summed E-state index contributed by atoms with van der Waals surface area (Å²) >= 11 is 3.43. The quantitative estimate of drug-likeness (QED) is 0.840. The second-order valence-electron chi connectivity index (χ2n) is 4.20. The molecule has 106 valence electrons. The summed E-state index contributed by atoms with van der Waals surface area (Å²) in [5, 5.41) is 7.26. The van der Waals surface area contributed by atoms with Gasteiger partial charge in [0.1, 0.15) is 12.3 Å². The molecule has 1 heterocycles. The van der Waals surface area contributed by atoms with Gasteiger partial charge in [0.25, 0.3) is 0 Å². The summed E-state index contributed by atoms with van der Waals surface area (Å²) in [5.74, 6) is 0.388. The van der Waals surface area contributed by atoms with Crippen molar-refractivity contribution < 1.29 is 9.53 Å². The summed E-state index contributed by atoms with van der Waals surface area (Å²) in [4.78, 5) is 10.8. The third-order valence-electron chi connectivity index (χ3n) is 2.68. The number of carbonyl (C=O) groups excluding carboxylic acids is 1. The fourth-order valence-electron chi connectivity index (χ4n) is 1.78. The number of hydrogen-bond donors (Lipinski definition) is 2. The number of primary amides is 1. The van der Waals surface area contributed by atoms with Crippen LogP contribution in [0.15, 0.2) is 35.1 Å². The highest BCUT2D eigenvalue weighted by atomic mass is 79.9. The van der Waals surface area contributed by atoms with E-state index in [1.807, 2.05) is 18.2 Å². The highest BCUT2D eigenvalue weighted by Gasteiger charge is 2.05. The van der Waals surface area contributed by atoms with Crippen molar-refractivity contribution in [3.63, 3.8) is 0 Å². The van der Waals surface area contributed by atoms with Gasteiger partial charge in [0.2, 0.25) is 5.91 Å². The van der Waals surface area contributed by atoms with Gasteiger partial charge in [-0.3, -0.25) is 9.48 Å². The van der Waals surface area contributed by atoms with Gasteiger partial charge >= 0.3 is 0 Å². The average molecular weight is 339 g/mol. The van der Waals surface area contributed by atoms with Crippen LogP contribution in [0.5, 0.6) is 5.75 Å². The Labute approximate surface area is 125 Å². The standard InChI is InChI=1S/C13H15BrN4O2/c1-20-12-3-2-10(14)4-9(12)5-16-11-6-17-18(7-11)8-13(15)19/h2-4,6-7,16H,5,8H2,1H3,(H2,15,19). The van der Waals surface area contributed by atoms with Crippen molar-refractivity contribution in [2.45, 2.75) is 13.1 Å². The number of ether oxygens (including phenoxy) is 1. The lowest BCUT2D eigenvalue weighted by atomic mass is 10.2. The number of methoxy groups -OCH3 is 1. The van der Waals surface area contributed by atoms with E-state index >= 15 is 0 Å². The maximum Gasteiger partial charge on any atom is 0.239 e. The number of nitrogens with one attached hydrogen (secondary N) is 1. The number of rotatable bonds is 6. The van der Waals surface area contributed by atoms with Gasteiger partial charge in [-0.15, -0.1) is 0 Å². The summed E-state index contributed by atoms with van der Waals surface area (Å²) in [5.41, 5.74) is 6.94. The molecule has 1 amide bonds. The molecule has 0 radical (unpaired) electrons. The van der Waals surface area contributed by atoms with Crippen molar-refractivity contribution in [1.29, 1.82) is 0 Å². The highest BCUT2D eigenvalue weighted by Crippen LogP contribution is 2.23. The SMILES string of the molecule is COc1ccc(Br)cc1CNc1cnn(CC(N)=O)c1. The topological polar surface area (TPSA) is 82.2 Å². The zero-order valence-corrected chi connectivity index (χ0v) is 12.6. The Morgan fingerprint density at radius 1 is 1.55 bits per heavy atom. The molecule has 0 aliphatic heterocycles. The Morgan fingerprint density at radius 3 is 3.05 bits per heavy atom. The van der Waals surface area contributed by atoms with Crippen LogP contribution in [-0.2, 0) is 17.9 Å². The molecule has 0 fully saturated rings. The van der Waals surface area contributed by atoms with Crippen LogP contribution >= 0.6 is 15.9 Å². The van der Waals surface area contributed by atoms with Crippen molar-refractivity contribution in [3.8, 4) is 5.75 Å². The molecule has 2 rings (SSSR count). The van der Waals surface area contributed by atoms with Gasteiger partial charge in [0.15, 0.2) is 0 Å². The fraction of sp³-hybridized carbons (Fsp3) is 0.231. The van der Waals surface area contributed by atoms with E-state index in [-0.39, 0.29) is 6.54 Å². The van der Waals surface area contributed by atoms with Crippen molar-refractivity contribution in [1.82, 2.24) is 9.78 Å². The van der Waals surface area contributed by atoms with Crippen molar-refractivity contribution >= 4 is 27.5 Å². The van der Waals surface area contributed by atoms with Crippen LogP contribution in [0, 0.1) is 0 Å². The van der Waals surface area contributed by atoms with Crippen LogP contribution in [0.2, 0.25) is 0 Å². The third-order valence-corrected chi connectivity index (χ3v) is 3.17. The van der Waals surface area contributed by atoms with Crippen molar-refractivity contribution in [2.24, 2.45) is 5.73 Å². The lowest BCUT2D eigenvalue weighted by molar-refractivity contribution is -0.118. The van der Waals surface area contributed by atoms with Gasteiger partial charge in [0.05, 0.1) is 19.0 Å². The molecule has 1 aromatic heterocycles. The van der Waals surface area contributed by atoms with Crippen molar-refractivity contribution in [2.75, 3.05) is 12.4 Å².